The number of fused-ring (bicyclic) bond motifs is 1. The highest BCUT2D eigenvalue weighted by atomic mass is 16.6. The van der Waals surface area contributed by atoms with Crippen LogP contribution in [0.3, 0.4) is 0 Å². The minimum absolute atomic E-state index is 0.107. The van der Waals surface area contributed by atoms with Gasteiger partial charge in [-0.25, -0.2) is 4.98 Å². The van der Waals surface area contributed by atoms with E-state index in [4.69, 9.17) is 0 Å². The van der Waals surface area contributed by atoms with Crippen LogP contribution in [0.4, 0.5) is 11.5 Å². The van der Waals surface area contributed by atoms with Gasteiger partial charge in [0.05, 0.1) is 10.4 Å². The third kappa shape index (κ3) is 3.04. The molecule has 1 heterocycles. The van der Waals surface area contributed by atoms with E-state index in [1.807, 2.05) is 6.07 Å². The highest BCUT2D eigenvalue weighted by Crippen LogP contribution is 2.25. The summed E-state index contributed by atoms with van der Waals surface area (Å²) in [5, 5.41) is 15.0. The van der Waals surface area contributed by atoms with Crippen molar-refractivity contribution in [3.63, 3.8) is 0 Å². The first-order valence-corrected chi connectivity index (χ1v) is 6.97. The lowest BCUT2D eigenvalue weighted by Gasteiger charge is -2.11. The van der Waals surface area contributed by atoms with E-state index in [0.717, 1.165) is 48.1 Å². The predicted octanol–water partition coefficient (Wildman–Crippen LogP) is 3.92. The second-order valence-electron chi connectivity index (χ2n) is 4.81. The number of nitro benzene ring substituents is 1. The summed E-state index contributed by atoms with van der Waals surface area (Å²) in [5.74, 6) is 0.898. The molecule has 0 saturated carbocycles. The number of nitrogens with zero attached hydrogens (tertiary/aromatic N) is 2. The van der Waals surface area contributed by atoms with Crippen LogP contribution in [0.25, 0.3) is 10.9 Å². The van der Waals surface area contributed by atoms with Gasteiger partial charge in [0.1, 0.15) is 5.82 Å². The summed E-state index contributed by atoms with van der Waals surface area (Å²) in [6.07, 6.45) is 2.96. The summed E-state index contributed by atoms with van der Waals surface area (Å²) in [4.78, 5) is 15.1. The molecule has 0 saturated heterocycles. The molecule has 0 bridgehead atoms. The minimum atomic E-state index is -0.373. The Morgan fingerprint density at radius 1 is 1.25 bits per heavy atom. The maximum atomic E-state index is 10.8. The average Bonchev–Trinajstić information content (AvgIpc) is 2.44. The number of hydrogen-bond acceptors (Lipinski definition) is 4. The molecule has 0 amide bonds. The Bertz CT molecular complexity index is 626. The first-order valence-electron chi connectivity index (χ1n) is 6.97. The molecule has 0 fully saturated rings. The van der Waals surface area contributed by atoms with Crippen LogP contribution in [0.1, 0.15) is 32.3 Å². The number of aromatic nitrogens is 1. The van der Waals surface area contributed by atoms with E-state index in [9.17, 15) is 10.1 Å². The van der Waals surface area contributed by atoms with E-state index in [1.165, 1.54) is 6.07 Å². The monoisotopic (exact) mass is 273 g/mol. The van der Waals surface area contributed by atoms with Crippen LogP contribution < -0.4 is 5.32 Å². The van der Waals surface area contributed by atoms with Gasteiger partial charge < -0.3 is 5.32 Å². The first-order chi connectivity index (χ1) is 9.65. The van der Waals surface area contributed by atoms with E-state index in [2.05, 4.69) is 24.1 Å². The number of anilines is 1. The lowest BCUT2D eigenvalue weighted by molar-refractivity contribution is -0.384. The van der Waals surface area contributed by atoms with Crippen LogP contribution in [-0.4, -0.2) is 16.5 Å². The summed E-state index contributed by atoms with van der Waals surface area (Å²) >= 11 is 0. The second-order valence-corrected chi connectivity index (χ2v) is 4.81. The number of pyridine rings is 1. The summed E-state index contributed by atoms with van der Waals surface area (Å²) in [6, 6.07) is 6.81. The SMILES string of the molecule is CCCNc1nc2ccc([N+](=O)[O-])cc2cc1CCC. The van der Waals surface area contributed by atoms with E-state index in [-0.39, 0.29) is 10.6 Å². The fraction of sp³-hybridized carbons (Fsp3) is 0.400. The molecule has 0 atom stereocenters. The number of nitrogens with one attached hydrogen (secondary N) is 1. The molecule has 1 aromatic heterocycles. The van der Waals surface area contributed by atoms with Gasteiger partial charge in [-0.3, -0.25) is 10.1 Å². The lowest BCUT2D eigenvalue weighted by Crippen LogP contribution is -2.05. The molecule has 0 aliphatic heterocycles. The molecule has 5 nitrogen and oxygen atoms in total. The highest BCUT2D eigenvalue weighted by molar-refractivity contribution is 5.83. The minimum Gasteiger partial charge on any atom is -0.370 e. The third-order valence-corrected chi connectivity index (χ3v) is 3.15. The molecule has 2 rings (SSSR count). The van der Waals surface area contributed by atoms with Gasteiger partial charge in [0.25, 0.3) is 5.69 Å². The number of benzene rings is 1. The molecule has 1 aromatic carbocycles. The molecule has 20 heavy (non-hydrogen) atoms. The Labute approximate surface area is 118 Å². The fourth-order valence-electron chi connectivity index (χ4n) is 2.18. The second kappa shape index (κ2) is 6.32. The Morgan fingerprint density at radius 3 is 2.70 bits per heavy atom. The summed E-state index contributed by atoms with van der Waals surface area (Å²) in [6.45, 7) is 5.10. The zero-order valence-corrected chi connectivity index (χ0v) is 11.8. The summed E-state index contributed by atoms with van der Waals surface area (Å²) in [7, 11) is 0. The van der Waals surface area contributed by atoms with Gasteiger partial charge in [-0.2, -0.15) is 0 Å². The molecule has 2 aromatic rings. The van der Waals surface area contributed by atoms with E-state index >= 15 is 0 Å². The number of non-ortho nitro benzene ring substituents is 1. The highest BCUT2D eigenvalue weighted by Gasteiger charge is 2.10. The maximum absolute atomic E-state index is 10.8. The molecule has 0 aliphatic rings. The first kappa shape index (κ1) is 14.2. The molecule has 0 aliphatic carbocycles. The average molecular weight is 273 g/mol. The fourth-order valence-corrected chi connectivity index (χ4v) is 2.18. The molecule has 0 radical (unpaired) electrons. The topological polar surface area (TPSA) is 68.1 Å². The molecule has 5 heteroatoms. The Balaban J connectivity index is 2.49. The van der Waals surface area contributed by atoms with Crippen molar-refractivity contribution in [1.29, 1.82) is 0 Å². The van der Waals surface area contributed by atoms with Gasteiger partial charge >= 0.3 is 0 Å². The van der Waals surface area contributed by atoms with Gasteiger partial charge in [-0.05, 0) is 30.5 Å². The van der Waals surface area contributed by atoms with Crippen LogP contribution in [-0.2, 0) is 6.42 Å². The van der Waals surface area contributed by atoms with Crippen LogP contribution in [0, 0.1) is 10.1 Å². The molecular weight excluding hydrogens is 254 g/mol. The normalized spacial score (nSPS) is 10.7. The van der Waals surface area contributed by atoms with Crippen LogP contribution in [0.2, 0.25) is 0 Å². The van der Waals surface area contributed by atoms with Crippen LogP contribution >= 0.6 is 0 Å². The molecule has 0 unspecified atom stereocenters. The van der Waals surface area contributed by atoms with Crippen molar-refractivity contribution >= 4 is 22.4 Å². The lowest BCUT2D eigenvalue weighted by atomic mass is 10.1. The van der Waals surface area contributed by atoms with Crippen molar-refractivity contribution < 1.29 is 4.92 Å². The van der Waals surface area contributed by atoms with Gasteiger partial charge in [0, 0.05) is 24.1 Å². The van der Waals surface area contributed by atoms with Crippen molar-refractivity contribution in [3.05, 3.63) is 39.9 Å². The zero-order chi connectivity index (χ0) is 14.5. The quantitative estimate of drug-likeness (QED) is 0.640. The Hall–Kier alpha value is -2.17. The van der Waals surface area contributed by atoms with Gasteiger partial charge in [-0.1, -0.05) is 20.3 Å². The van der Waals surface area contributed by atoms with Crippen molar-refractivity contribution in [2.45, 2.75) is 33.1 Å². The van der Waals surface area contributed by atoms with Crippen molar-refractivity contribution in [1.82, 2.24) is 4.98 Å². The van der Waals surface area contributed by atoms with E-state index in [0.29, 0.717) is 0 Å². The number of hydrogen-bond donors (Lipinski definition) is 1. The van der Waals surface area contributed by atoms with Crippen LogP contribution in [0.15, 0.2) is 24.3 Å². The Kier molecular flexibility index (Phi) is 4.50. The largest absolute Gasteiger partial charge is 0.370 e. The molecule has 0 spiro atoms. The number of rotatable bonds is 6. The third-order valence-electron chi connectivity index (χ3n) is 3.15. The van der Waals surface area contributed by atoms with Crippen molar-refractivity contribution in [3.8, 4) is 0 Å². The molecule has 1 N–H and O–H groups in total. The number of nitro groups is 1. The van der Waals surface area contributed by atoms with Crippen molar-refractivity contribution in [2.75, 3.05) is 11.9 Å². The van der Waals surface area contributed by atoms with Gasteiger partial charge in [-0.15, -0.1) is 0 Å². The number of aryl methyl sites for hydroxylation is 1. The Morgan fingerprint density at radius 2 is 2.05 bits per heavy atom. The van der Waals surface area contributed by atoms with Gasteiger partial charge in [0.2, 0.25) is 0 Å². The van der Waals surface area contributed by atoms with Crippen molar-refractivity contribution in [2.24, 2.45) is 0 Å². The van der Waals surface area contributed by atoms with E-state index in [1.54, 1.807) is 12.1 Å². The maximum Gasteiger partial charge on any atom is 0.270 e. The smallest absolute Gasteiger partial charge is 0.270 e. The molecule has 106 valence electrons. The van der Waals surface area contributed by atoms with Crippen LogP contribution in [0.5, 0.6) is 0 Å². The molecular formula is C15H19N3O2. The standard InChI is InChI=1S/C15H19N3O2/c1-3-5-11-9-12-10-13(18(19)20)6-7-14(12)17-15(11)16-8-4-2/h6-7,9-10H,3-5,8H2,1-2H3,(H,16,17). The summed E-state index contributed by atoms with van der Waals surface area (Å²) in [5.41, 5.74) is 2.01. The predicted molar refractivity (Wildman–Crippen MR) is 81.2 cm³/mol. The summed E-state index contributed by atoms with van der Waals surface area (Å²) < 4.78 is 0. The zero-order valence-electron chi connectivity index (χ0n) is 11.8. The van der Waals surface area contributed by atoms with E-state index < -0.39 is 0 Å². The van der Waals surface area contributed by atoms with Gasteiger partial charge in [0.15, 0.2) is 0 Å².